The Morgan fingerprint density at radius 1 is 1.18 bits per heavy atom. The van der Waals surface area contributed by atoms with Crippen LogP contribution in [0.15, 0.2) is 47.3 Å². The van der Waals surface area contributed by atoms with Crippen LogP contribution in [0.1, 0.15) is 23.8 Å². The molecule has 2 heterocycles. The van der Waals surface area contributed by atoms with Gasteiger partial charge in [0.15, 0.2) is 11.5 Å². The molecule has 1 unspecified atom stereocenters. The molecule has 28 heavy (non-hydrogen) atoms. The largest absolute Gasteiger partial charge is 0.445 e. The number of amides is 2. The zero-order valence-corrected chi connectivity index (χ0v) is 15.0. The molecular weight excluding hydrogens is 362 g/mol. The minimum atomic E-state index is -0.719. The van der Waals surface area contributed by atoms with Crippen molar-refractivity contribution in [1.82, 2.24) is 15.0 Å². The fourth-order valence-corrected chi connectivity index (χ4v) is 2.53. The van der Waals surface area contributed by atoms with Crippen molar-refractivity contribution < 1.29 is 14.0 Å². The predicted molar refractivity (Wildman–Crippen MR) is 103 cm³/mol. The maximum absolute atomic E-state index is 11.7. The van der Waals surface area contributed by atoms with Crippen molar-refractivity contribution in [1.29, 1.82) is 0 Å². The normalized spacial score (nSPS) is 11.6. The zero-order chi connectivity index (χ0) is 20.1. The molecule has 1 atom stereocenters. The molecule has 0 aliphatic heterocycles. The minimum absolute atomic E-state index is 0.00937. The number of rotatable bonds is 8. The second-order valence-corrected chi connectivity index (χ2v) is 6.07. The second-order valence-electron chi connectivity index (χ2n) is 6.07. The highest BCUT2D eigenvalue weighted by Gasteiger charge is 2.15. The summed E-state index contributed by atoms with van der Waals surface area (Å²) < 4.78 is 5.25. The molecule has 2 amide bonds. The van der Waals surface area contributed by atoms with Crippen LogP contribution in [0.4, 0.5) is 17.3 Å². The fourth-order valence-electron chi connectivity index (χ4n) is 2.53. The van der Waals surface area contributed by atoms with Gasteiger partial charge in [0, 0.05) is 23.7 Å². The first kappa shape index (κ1) is 18.8. The molecular formula is C18H19N7O3. The summed E-state index contributed by atoms with van der Waals surface area (Å²) in [6.07, 6.45) is 4.56. The second kappa shape index (κ2) is 8.16. The van der Waals surface area contributed by atoms with Gasteiger partial charge in [-0.05, 0) is 31.2 Å². The van der Waals surface area contributed by atoms with E-state index in [-0.39, 0.29) is 24.0 Å². The molecule has 10 nitrogen and oxygen atoms in total. The van der Waals surface area contributed by atoms with Gasteiger partial charge >= 0.3 is 0 Å². The van der Waals surface area contributed by atoms with E-state index in [1.54, 1.807) is 25.3 Å². The number of hydrogen-bond donors (Lipinski definition) is 4. The van der Waals surface area contributed by atoms with Crippen molar-refractivity contribution in [3.63, 3.8) is 0 Å². The third kappa shape index (κ3) is 4.61. The molecule has 1 aromatic carbocycles. The number of hydrogen-bond acceptors (Lipinski definition) is 8. The lowest BCUT2D eigenvalue weighted by atomic mass is 10.2. The van der Waals surface area contributed by atoms with Gasteiger partial charge in [-0.3, -0.25) is 9.59 Å². The summed E-state index contributed by atoms with van der Waals surface area (Å²) >= 11 is 0. The molecule has 0 fully saturated rings. The third-order valence-electron chi connectivity index (χ3n) is 3.73. The summed E-state index contributed by atoms with van der Waals surface area (Å²) in [5, 5.41) is 6.03. The molecule has 0 radical (unpaired) electrons. The molecule has 0 saturated carbocycles. The van der Waals surface area contributed by atoms with Crippen molar-refractivity contribution in [2.75, 3.05) is 10.6 Å². The smallest absolute Gasteiger partial charge is 0.271 e. The molecule has 2 aromatic heterocycles. The van der Waals surface area contributed by atoms with E-state index in [0.29, 0.717) is 17.4 Å². The molecule has 10 heteroatoms. The summed E-state index contributed by atoms with van der Waals surface area (Å²) in [5.41, 5.74) is 12.0. The van der Waals surface area contributed by atoms with E-state index in [0.717, 1.165) is 5.56 Å². The number of carbonyl (C=O) groups is 2. The molecule has 0 spiro atoms. The van der Waals surface area contributed by atoms with Crippen molar-refractivity contribution in [2.24, 2.45) is 11.5 Å². The summed E-state index contributed by atoms with van der Waals surface area (Å²) in [5.74, 6) is -0.0987. The Labute approximate surface area is 160 Å². The van der Waals surface area contributed by atoms with E-state index in [4.69, 9.17) is 15.9 Å². The number of nitrogens with zero attached hydrogens (tertiary/aromatic N) is 3. The first-order chi connectivity index (χ1) is 13.4. The summed E-state index contributed by atoms with van der Waals surface area (Å²) in [6.45, 7) is 1.78. The van der Waals surface area contributed by atoms with Crippen LogP contribution >= 0.6 is 0 Å². The summed E-state index contributed by atoms with van der Waals surface area (Å²) in [4.78, 5) is 35.2. The number of oxazole rings is 1. The van der Waals surface area contributed by atoms with Gasteiger partial charge in [-0.15, -0.1) is 0 Å². The average Bonchev–Trinajstić information content (AvgIpc) is 3.16. The highest BCUT2D eigenvalue weighted by Crippen LogP contribution is 2.23. The fraction of sp³-hybridized carbons (Fsp3) is 0.167. The summed E-state index contributed by atoms with van der Waals surface area (Å²) in [6, 6.07) is 6.92. The lowest BCUT2D eigenvalue weighted by molar-refractivity contribution is -0.118. The van der Waals surface area contributed by atoms with Crippen molar-refractivity contribution in [2.45, 2.75) is 19.4 Å². The van der Waals surface area contributed by atoms with Gasteiger partial charge in [0.1, 0.15) is 12.1 Å². The van der Waals surface area contributed by atoms with Crippen LogP contribution in [-0.4, -0.2) is 32.8 Å². The van der Waals surface area contributed by atoms with E-state index in [2.05, 4.69) is 25.6 Å². The lowest BCUT2D eigenvalue weighted by Crippen LogP contribution is -2.25. The van der Waals surface area contributed by atoms with Crippen LogP contribution in [0.5, 0.6) is 0 Å². The van der Waals surface area contributed by atoms with Crippen LogP contribution in [-0.2, 0) is 4.79 Å². The Kier molecular flexibility index (Phi) is 5.49. The molecule has 3 aromatic rings. The molecule has 0 saturated heterocycles. The van der Waals surface area contributed by atoms with Gasteiger partial charge in [0.2, 0.25) is 11.8 Å². The van der Waals surface area contributed by atoms with Crippen LogP contribution in [0, 0.1) is 0 Å². The lowest BCUT2D eigenvalue weighted by Gasteiger charge is -2.15. The zero-order valence-electron chi connectivity index (χ0n) is 15.0. The van der Waals surface area contributed by atoms with Crippen molar-refractivity contribution in [3.05, 3.63) is 48.6 Å². The van der Waals surface area contributed by atoms with Gasteiger partial charge in [0.05, 0.1) is 12.4 Å². The maximum Gasteiger partial charge on any atom is 0.271 e. The van der Waals surface area contributed by atoms with Crippen molar-refractivity contribution >= 4 is 29.1 Å². The van der Waals surface area contributed by atoms with Gasteiger partial charge in [0.25, 0.3) is 5.91 Å². The number of anilines is 3. The number of nitrogens with one attached hydrogen (secondary N) is 2. The monoisotopic (exact) mass is 381 g/mol. The number of aromatic nitrogens is 3. The van der Waals surface area contributed by atoms with Crippen LogP contribution in [0.25, 0.3) is 11.5 Å². The molecule has 0 bridgehead atoms. The van der Waals surface area contributed by atoms with Crippen LogP contribution in [0.2, 0.25) is 0 Å². The number of benzene rings is 1. The van der Waals surface area contributed by atoms with Crippen LogP contribution in [0.3, 0.4) is 0 Å². The van der Waals surface area contributed by atoms with E-state index < -0.39 is 11.8 Å². The predicted octanol–water partition coefficient (Wildman–Crippen LogP) is 1.65. The van der Waals surface area contributed by atoms with Gasteiger partial charge in [-0.2, -0.15) is 0 Å². The Bertz CT molecular complexity index is 971. The standard InChI is InChI=1S/C18H19N7O3/c1-10(8-13(19)26)23-14-9-22-15(16(20)27)17(25-14)24-12-4-2-11(3-5-12)18-21-6-7-28-18/h2-7,9-10H,8H2,1H3,(H2,19,26)(H2,20,27)(H2,23,24,25). The molecule has 0 aliphatic rings. The minimum Gasteiger partial charge on any atom is -0.445 e. The van der Waals surface area contributed by atoms with Gasteiger partial charge in [-0.25, -0.2) is 15.0 Å². The van der Waals surface area contributed by atoms with Crippen molar-refractivity contribution in [3.8, 4) is 11.5 Å². The first-order valence-electron chi connectivity index (χ1n) is 8.41. The first-order valence-corrected chi connectivity index (χ1v) is 8.41. The highest BCUT2D eigenvalue weighted by atomic mass is 16.3. The number of nitrogens with two attached hydrogens (primary N) is 2. The van der Waals surface area contributed by atoms with E-state index in [9.17, 15) is 9.59 Å². The Balaban J connectivity index is 1.81. The van der Waals surface area contributed by atoms with E-state index >= 15 is 0 Å². The number of carbonyl (C=O) groups excluding carboxylic acids is 2. The topological polar surface area (TPSA) is 162 Å². The summed E-state index contributed by atoms with van der Waals surface area (Å²) in [7, 11) is 0. The van der Waals surface area contributed by atoms with Crippen LogP contribution < -0.4 is 22.1 Å². The molecule has 144 valence electrons. The quantitative estimate of drug-likeness (QED) is 0.458. The molecule has 6 N–H and O–H groups in total. The Morgan fingerprint density at radius 2 is 1.93 bits per heavy atom. The average molecular weight is 381 g/mol. The number of primary amides is 2. The molecule has 0 aliphatic carbocycles. The Hall–Kier alpha value is -3.95. The Morgan fingerprint density at radius 3 is 2.54 bits per heavy atom. The SMILES string of the molecule is CC(CC(N)=O)Nc1cnc(C(N)=O)c(Nc2ccc(-c3ncco3)cc2)n1. The maximum atomic E-state index is 11.7. The van der Waals surface area contributed by atoms with Gasteiger partial charge < -0.3 is 26.5 Å². The van der Waals surface area contributed by atoms with E-state index in [1.165, 1.54) is 12.5 Å². The highest BCUT2D eigenvalue weighted by molar-refractivity contribution is 5.96. The van der Waals surface area contributed by atoms with Gasteiger partial charge in [-0.1, -0.05) is 0 Å². The third-order valence-corrected chi connectivity index (χ3v) is 3.73. The molecule has 3 rings (SSSR count). The van der Waals surface area contributed by atoms with E-state index in [1.807, 2.05) is 12.1 Å².